The number of aliphatic hydroxyl groups is 1. The van der Waals surface area contributed by atoms with E-state index in [4.69, 9.17) is 0 Å². The van der Waals surface area contributed by atoms with Crippen LogP contribution in [0.3, 0.4) is 0 Å². The summed E-state index contributed by atoms with van der Waals surface area (Å²) >= 11 is 0. The molecule has 0 amide bonds. The summed E-state index contributed by atoms with van der Waals surface area (Å²) in [5.74, 6) is 0.687. The molecule has 1 spiro atoms. The van der Waals surface area contributed by atoms with Gasteiger partial charge in [-0.3, -0.25) is 0 Å². The van der Waals surface area contributed by atoms with Crippen molar-refractivity contribution in [2.45, 2.75) is 58.0 Å². The Bertz CT molecular complexity index is 237. The van der Waals surface area contributed by atoms with Crippen molar-refractivity contribution in [1.29, 1.82) is 0 Å². The topological polar surface area (TPSA) is 20.2 Å². The number of rotatable bonds is 0. The van der Waals surface area contributed by atoms with Gasteiger partial charge in [0.25, 0.3) is 0 Å². The number of hydrogen-bond acceptors (Lipinski definition) is 1. The normalized spacial score (nSPS) is 59.5. The Kier molecular flexibility index (Phi) is 1.47. The van der Waals surface area contributed by atoms with Gasteiger partial charge >= 0.3 is 0 Å². The summed E-state index contributed by atoms with van der Waals surface area (Å²) in [5.41, 5.74) is 1.21. The molecular weight excluding hydrogens is 160 g/mol. The maximum atomic E-state index is 9.87. The second-order valence-electron chi connectivity index (χ2n) is 5.84. The summed E-state index contributed by atoms with van der Waals surface area (Å²) in [6.07, 6.45) is 9.42. The highest BCUT2D eigenvalue weighted by atomic mass is 16.3. The zero-order valence-corrected chi connectivity index (χ0v) is 8.55. The van der Waals surface area contributed by atoms with E-state index in [-0.39, 0.29) is 6.10 Å². The van der Waals surface area contributed by atoms with Gasteiger partial charge in [-0.1, -0.05) is 19.8 Å². The zero-order valence-electron chi connectivity index (χ0n) is 8.55. The first-order chi connectivity index (χ1) is 6.18. The predicted molar refractivity (Wildman–Crippen MR) is 52.4 cm³/mol. The van der Waals surface area contributed by atoms with E-state index in [1.807, 2.05) is 0 Å². The van der Waals surface area contributed by atoms with E-state index in [0.717, 1.165) is 6.42 Å². The monoisotopic (exact) mass is 180 g/mol. The lowest BCUT2D eigenvalue weighted by molar-refractivity contribution is -0.0175. The fourth-order valence-corrected chi connectivity index (χ4v) is 4.37. The number of hydrogen-bond donors (Lipinski definition) is 1. The quantitative estimate of drug-likeness (QED) is 0.607. The van der Waals surface area contributed by atoms with Gasteiger partial charge in [-0.05, 0) is 48.9 Å². The van der Waals surface area contributed by atoms with Crippen molar-refractivity contribution in [1.82, 2.24) is 0 Å². The minimum absolute atomic E-state index is 0.0474. The van der Waals surface area contributed by atoms with Crippen molar-refractivity contribution in [3.8, 4) is 0 Å². The summed E-state index contributed by atoms with van der Waals surface area (Å²) in [6, 6.07) is 0. The lowest BCUT2D eigenvalue weighted by Gasteiger charge is -2.47. The molecule has 3 aliphatic carbocycles. The van der Waals surface area contributed by atoms with Crippen molar-refractivity contribution in [3.63, 3.8) is 0 Å². The summed E-state index contributed by atoms with van der Waals surface area (Å²) < 4.78 is 0. The van der Waals surface area contributed by atoms with Crippen molar-refractivity contribution < 1.29 is 5.11 Å². The fraction of sp³-hybridized carbons (Fsp3) is 1.00. The molecule has 0 radical (unpaired) electrons. The van der Waals surface area contributed by atoms with Gasteiger partial charge in [-0.25, -0.2) is 0 Å². The lowest BCUT2D eigenvalue weighted by atomic mass is 9.58. The Morgan fingerprint density at radius 1 is 1.15 bits per heavy atom. The van der Waals surface area contributed by atoms with Crippen molar-refractivity contribution in [2.75, 3.05) is 0 Å². The van der Waals surface area contributed by atoms with Crippen LogP contribution in [-0.4, -0.2) is 11.2 Å². The van der Waals surface area contributed by atoms with E-state index >= 15 is 0 Å². The van der Waals surface area contributed by atoms with Gasteiger partial charge < -0.3 is 5.11 Å². The SMILES string of the molecule is CC12CCCCC13CC3C(O)CC2. The highest BCUT2D eigenvalue weighted by Gasteiger charge is 2.68. The molecule has 3 aliphatic rings. The van der Waals surface area contributed by atoms with E-state index in [2.05, 4.69) is 6.92 Å². The van der Waals surface area contributed by atoms with Crippen molar-refractivity contribution in [3.05, 3.63) is 0 Å². The van der Waals surface area contributed by atoms with Gasteiger partial charge in [0.1, 0.15) is 0 Å². The minimum Gasteiger partial charge on any atom is -0.393 e. The first-order valence-electron chi connectivity index (χ1n) is 5.86. The van der Waals surface area contributed by atoms with E-state index in [1.54, 1.807) is 0 Å². The van der Waals surface area contributed by atoms with E-state index in [0.29, 0.717) is 16.7 Å². The summed E-state index contributed by atoms with van der Waals surface area (Å²) in [6.45, 7) is 2.48. The van der Waals surface area contributed by atoms with Crippen LogP contribution in [0.5, 0.6) is 0 Å². The fourth-order valence-electron chi connectivity index (χ4n) is 4.37. The van der Waals surface area contributed by atoms with Crippen LogP contribution in [0.2, 0.25) is 0 Å². The minimum atomic E-state index is 0.0474. The largest absolute Gasteiger partial charge is 0.393 e. The second-order valence-corrected chi connectivity index (χ2v) is 5.84. The third-order valence-electron chi connectivity index (χ3n) is 5.39. The van der Waals surface area contributed by atoms with Gasteiger partial charge in [-0.15, -0.1) is 0 Å². The second kappa shape index (κ2) is 2.31. The van der Waals surface area contributed by atoms with Crippen LogP contribution in [-0.2, 0) is 0 Å². The Morgan fingerprint density at radius 2 is 1.92 bits per heavy atom. The third-order valence-corrected chi connectivity index (χ3v) is 5.39. The average Bonchev–Trinajstić information content (AvgIpc) is 2.84. The number of aliphatic hydroxyl groups excluding tert-OH is 1. The molecule has 0 heterocycles. The van der Waals surface area contributed by atoms with Crippen LogP contribution < -0.4 is 0 Å². The molecule has 1 nitrogen and oxygen atoms in total. The van der Waals surface area contributed by atoms with Crippen LogP contribution in [0.25, 0.3) is 0 Å². The molecule has 0 aromatic rings. The van der Waals surface area contributed by atoms with Gasteiger partial charge in [0.05, 0.1) is 6.10 Å². The van der Waals surface area contributed by atoms with Crippen molar-refractivity contribution in [2.24, 2.45) is 16.7 Å². The first-order valence-corrected chi connectivity index (χ1v) is 5.86. The van der Waals surface area contributed by atoms with E-state index < -0.39 is 0 Å². The predicted octanol–water partition coefficient (Wildman–Crippen LogP) is 2.73. The molecule has 0 aromatic carbocycles. The molecule has 3 fully saturated rings. The van der Waals surface area contributed by atoms with Gasteiger partial charge in [0.2, 0.25) is 0 Å². The Balaban J connectivity index is 1.92. The van der Waals surface area contributed by atoms with Crippen LogP contribution in [0, 0.1) is 16.7 Å². The Morgan fingerprint density at radius 3 is 2.77 bits per heavy atom. The average molecular weight is 180 g/mol. The third kappa shape index (κ3) is 0.869. The summed E-state index contributed by atoms with van der Waals surface area (Å²) in [7, 11) is 0. The molecule has 13 heavy (non-hydrogen) atoms. The molecular formula is C12H20O. The molecule has 74 valence electrons. The van der Waals surface area contributed by atoms with Crippen LogP contribution in [0.1, 0.15) is 51.9 Å². The lowest BCUT2D eigenvalue weighted by Crippen LogP contribution is -2.40. The molecule has 0 bridgehead atoms. The Labute approximate surface area is 80.5 Å². The first kappa shape index (κ1) is 8.28. The molecule has 0 saturated heterocycles. The molecule has 3 rings (SSSR count). The Hall–Kier alpha value is -0.0400. The maximum absolute atomic E-state index is 9.87. The van der Waals surface area contributed by atoms with Gasteiger partial charge in [0.15, 0.2) is 0 Å². The van der Waals surface area contributed by atoms with Crippen LogP contribution >= 0.6 is 0 Å². The molecule has 1 heteroatoms. The zero-order chi connectivity index (χ0) is 9.10. The smallest absolute Gasteiger partial charge is 0.0574 e. The van der Waals surface area contributed by atoms with E-state index in [9.17, 15) is 5.11 Å². The highest BCUT2D eigenvalue weighted by molar-refractivity contribution is 5.17. The molecule has 3 saturated carbocycles. The molecule has 0 aromatic heterocycles. The van der Waals surface area contributed by atoms with Gasteiger partial charge in [-0.2, -0.15) is 0 Å². The molecule has 4 atom stereocenters. The highest BCUT2D eigenvalue weighted by Crippen LogP contribution is 2.74. The molecule has 4 unspecified atom stereocenters. The van der Waals surface area contributed by atoms with E-state index in [1.165, 1.54) is 38.5 Å². The van der Waals surface area contributed by atoms with Crippen LogP contribution in [0.15, 0.2) is 0 Å². The summed E-state index contributed by atoms with van der Waals surface area (Å²) in [4.78, 5) is 0. The van der Waals surface area contributed by atoms with Crippen molar-refractivity contribution >= 4 is 0 Å². The van der Waals surface area contributed by atoms with Crippen LogP contribution in [0.4, 0.5) is 0 Å². The molecule has 1 N–H and O–H groups in total. The summed E-state index contributed by atoms with van der Waals surface area (Å²) in [5, 5.41) is 9.87. The standard InChI is InChI=1S/C12H20O/c1-11-5-2-3-6-12(11)8-9(12)10(13)4-7-11/h9-10,13H,2-8H2,1H3. The maximum Gasteiger partial charge on any atom is 0.0574 e. The van der Waals surface area contributed by atoms with Gasteiger partial charge in [0, 0.05) is 0 Å². The molecule has 0 aliphatic heterocycles.